The summed E-state index contributed by atoms with van der Waals surface area (Å²) in [6.45, 7) is 2.05. The maximum atomic E-state index is 11.7. The van der Waals surface area contributed by atoms with E-state index >= 15 is 0 Å². The molecule has 0 saturated carbocycles. The van der Waals surface area contributed by atoms with Crippen LogP contribution in [0, 0.1) is 6.92 Å². The Morgan fingerprint density at radius 2 is 2.22 bits per heavy atom. The molecule has 122 valence electrons. The molecule has 1 aromatic carbocycles. The van der Waals surface area contributed by atoms with Crippen LogP contribution in [0.25, 0.3) is 0 Å². The van der Waals surface area contributed by atoms with Crippen LogP contribution in [0.5, 0.6) is 5.75 Å². The lowest BCUT2D eigenvalue weighted by Crippen LogP contribution is -2.17. The van der Waals surface area contributed by atoms with Crippen molar-refractivity contribution in [1.29, 1.82) is 0 Å². The molecule has 0 fully saturated rings. The average Bonchev–Trinajstić information content (AvgIpc) is 2.94. The summed E-state index contributed by atoms with van der Waals surface area (Å²) in [7, 11) is 1.65. The third kappa shape index (κ3) is 5.56. The maximum Gasteiger partial charge on any atom is 0.240 e. The number of hydrogen-bond donors (Lipinski definition) is 1. The second-order valence-corrected chi connectivity index (χ2v) is 5.86. The number of rotatable bonds is 7. The van der Waals surface area contributed by atoms with Crippen LogP contribution in [0.4, 0.5) is 0 Å². The van der Waals surface area contributed by atoms with Gasteiger partial charge in [-0.05, 0) is 71.1 Å². The predicted molar refractivity (Wildman–Crippen MR) is 92.8 cm³/mol. The average molecular weight is 379 g/mol. The van der Waals surface area contributed by atoms with Crippen LogP contribution in [0.1, 0.15) is 29.7 Å². The summed E-state index contributed by atoms with van der Waals surface area (Å²) < 4.78 is 11.1. The Kier molecular flexibility index (Phi) is 6.40. The smallest absolute Gasteiger partial charge is 0.240 e. The monoisotopic (exact) mass is 378 g/mol. The van der Waals surface area contributed by atoms with E-state index in [1.165, 1.54) is 17.3 Å². The van der Waals surface area contributed by atoms with E-state index in [9.17, 15) is 4.79 Å². The molecule has 6 heteroatoms. The Morgan fingerprint density at radius 3 is 2.87 bits per heavy atom. The number of hydrazone groups is 1. The summed E-state index contributed by atoms with van der Waals surface area (Å²) in [5.74, 6) is 1.31. The van der Waals surface area contributed by atoms with E-state index in [1.54, 1.807) is 19.2 Å². The number of furan rings is 1. The fraction of sp³-hybridized carbons (Fsp3) is 0.294. The minimum Gasteiger partial charge on any atom is -0.497 e. The van der Waals surface area contributed by atoms with Crippen molar-refractivity contribution in [2.24, 2.45) is 5.10 Å². The van der Waals surface area contributed by atoms with Gasteiger partial charge in [0.2, 0.25) is 5.91 Å². The van der Waals surface area contributed by atoms with Crippen LogP contribution in [-0.4, -0.2) is 19.2 Å². The zero-order valence-corrected chi connectivity index (χ0v) is 14.7. The molecule has 1 N–H and O–H groups in total. The molecular formula is C17H19BrN2O3. The molecular weight excluding hydrogens is 360 g/mol. The van der Waals surface area contributed by atoms with Crippen LogP contribution in [-0.2, 0) is 11.2 Å². The highest BCUT2D eigenvalue weighted by atomic mass is 79.9. The molecule has 0 aliphatic heterocycles. The first-order valence-corrected chi connectivity index (χ1v) is 8.08. The van der Waals surface area contributed by atoms with Gasteiger partial charge >= 0.3 is 0 Å². The molecule has 5 nitrogen and oxygen atoms in total. The number of hydrogen-bond acceptors (Lipinski definition) is 4. The van der Waals surface area contributed by atoms with Crippen LogP contribution in [0.2, 0.25) is 0 Å². The van der Waals surface area contributed by atoms with E-state index in [4.69, 9.17) is 9.15 Å². The van der Waals surface area contributed by atoms with Gasteiger partial charge in [-0.3, -0.25) is 4.79 Å². The van der Waals surface area contributed by atoms with Gasteiger partial charge < -0.3 is 9.15 Å². The minimum absolute atomic E-state index is 0.113. The van der Waals surface area contributed by atoms with Gasteiger partial charge in [0, 0.05) is 6.42 Å². The molecule has 1 heterocycles. The topological polar surface area (TPSA) is 63.8 Å². The van der Waals surface area contributed by atoms with Crippen molar-refractivity contribution in [3.8, 4) is 5.75 Å². The summed E-state index contributed by atoms with van der Waals surface area (Å²) in [4.78, 5) is 11.7. The van der Waals surface area contributed by atoms with E-state index in [0.29, 0.717) is 16.9 Å². The van der Waals surface area contributed by atoms with Gasteiger partial charge in [0.1, 0.15) is 11.5 Å². The highest BCUT2D eigenvalue weighted by Crippen LogP contribution is 2.18. The maximum absolute atomic E-state index is 11.7. The van der Waals surface area contributed by atoms with Crippen LogP contribution >= 0.6 is 15.9 Å². The number of carbonyl (C=O) groups excluding carboxylic acids is 1. The van der Waals surface area contributed by atoms with E-state index in [2.05, 4.69) is 26.5 Å². The number of halogens is 1. The number of ether oxygens (including phenoxy) is 1. The molecule has 0 bridgehead atoms. The predicted octanol–water partition coefficient (Wildman–Crippen LogP) is 3.83. The normalized spacial score (nSPS) is 10.9. The van der Waals surface area contributed by atoms with Crippen molar-refractivity contribution in [1.82, 2.24) is 5.43 Å². The Labute approximate surface area is 143 Å². The second kappa shape index (κ2) is 8.53. The highest BCUT2D eigenvalue weighted by molar-refractivity contribution is 9.10. The van der Waals surface area contributed by atoms with Gasteiger partial charge in [0.15, 0.2) is 4.67 Å². The summed E-state index contributed by atoms with van der Waals surface area (Å²) in [5, 5.41) is 3.87. The molecule has 0 aliphatic rings. The molecule has 2 aromatic rings. The first-order chi connectivity index (χ1) is 11.1. The van der Waals surface area contributed by atoms with Crippen molar-refractivity contribution in [3.63, 3.8) is 0 Å². The Bertz CT molecular complexity index is 695. The summed E-state index contributed by atoms with van der Waals surface area (Å²) in [6.07, 6.45) is 3.50. The Morgan fingerprint density at radius 1 is 1.39 bits per heavy atom. The van der Waals surface area contributed by atoms with E-state index in [-0.39, 0.29) is 5.91 Å². The van der Waals surface area contributed by atoms with Crippen molar-refractivity contribution in [3.05, 3.63) is 51.9 Å². The summed E-state index contributed by atoms with van der Waals surface area (Å²) in [6, 6.07) is 9.50. The molecule has 23 heavy (non-hydrogen) atoms. The number of carbonyl (C=O) groups is 1. The molecule has 0 saturated heterocycles. The molecule has 0 unspecified atom stereocenters. The van der Waals surface area contributed by atoms with Crippen molar-refractivity contribution in [2.75, 3.05) is 7.11 Å². The van der Waals surface area contributed by atoms with Crippen LogP contribution in [0.15, 0.2) is 44.5 Å². The molecule has 1 aromatic heterocycles. The number of nitrogens with zero attached hydrogens (tertiary/aromatic N) is 1. The summed E-state index contributed by atoms with van der Waals surface area (Å²) >= 11 is 3.20. The largest absolute Gasteiger partial charge is 0.497 e. The van der Waals surface area contributed by atoms with Gasteiger partial charge in [0.05, 0.1) is 13.3 Å². The number of amides is 1. The number of benzene rings is 1. The molecule has 0 radical (unpaired) electrons. The lowest BCUT2D eigenvalue weighted by molar-refractivity contribution is -0.121. The molecule has 0 atom stereocenters. The third-order valence-electron chi connectivity index (χ3n) is 3.37. The van der Waals surface area contributed by atoms with E-state index < -0.39 is 0 Å². The highest BCUT2D eigenvalue weighted by Gasteiger charge is 2.04. The minimum atomic E-state index is -0.113. The number of aryl methyl sites for hydroxylation is 2. The zero-order chi connectivity index (χ0) is 16.7. The first-order valence-electron chi connectivity index (χ1n) is 7.29. The molecule has 2 rings (SSSR count). The molecule has 0 spiro atoms. The fourth-order valence-corrected chi connectivity index (χ4v) is 2.46. The lowest BCUT2D eigenvalue weighted by Gasteiger charge is -2.07. The SMILES string of the molecule is COc1ccc(CCCC(=O)N/N=C\c2ccc(Br)o2)c(C)c1. The van der Waals surface area contributed by atoms with Gasteiger partial charge in [-0.25, -0.2) is 5.43 Å². The van der Waals surface area contributed by atoms with Gasteiger partial charge in [0.25, 0.3) is 0 Å². The van der Waals surface area contributed by atoms with Crippen LogP contribution in [0.3, 0.4) is 0 Å². The van der Waals surface area contributed by atoms with Gasteiger partial charge in [-0.2, -0.15) is 5.10 Å². The quantitative estimate of drug-likeness (QED) is 0.588. The zero-order valence-electron chi connectivity index (χ0n) is 13.1. The Balaban J connectivity index is 1.73. The lowest BCUT2D eigenvalue weighted by atomic mass is 10.0. The Hall–Kier alpha value is -2.08. The van der Waals surface area contributed by atoms with Crippen molar-refractivity contribution >= 4 is 28.1 Å². The number of nitrogens with one attached hydrogen (secondary N) is 1. The van der Waals surface area contributed by atoms with Gasteiger partial charge in [-0.15, -0.1) is 0 Å². The van der Waals surface area contributed by atoms with Crippen molar-refractivity contribution in [2.45, 2.75) is 26.2 Å². The first kappa shape index (κ1) is 17.3. The van der Waals surface area contributed by atoms with Crippen LogP contribution < -0.4 is 10.2 Å². The second-order valence-electron chi connectivity index (χ2n) is 5.08. The van der Waals surface area contributed by atoms with E-state index in [1.807, 2.05) is 25.1 Å². The fourth-order valence-electron chi connectivity index (χ4n) is 2.14. The standard InChI is InChI=1S/C17H19BrN2O3/c1-12-10-14(22-2)7-6-13(12)4-3-5-17(21)20-19-11-15-8-9-16(18)23-15/h6-11H,3-5H2,1-2H3,(H,20,21)/b19-11-. The molecule has 0 aliphatic carbocycles. The van der Waals surface area contributed by atoms with Crippen molar-refractivity contribution < 1.29 is 13.9 Å². The number of methoxy groups -OCH3 is 1. The molecule has 1 amide bonds. The third-order valence-corrected chi connectivity index (χ3v) is 3.80. The van der Waals surface area contributed by atoms with Gasteiger partial charge in [-0.1, -0.05) is 6.07 Å². The summed E-state index contributed by atoms with van der Waals surface area (Å²) in [5.41, 5.74) is 4.89. The van der Waals surface area contributed by atoms with E-state index in [0.717, 1.165) is 18.6 Å².